The Morgan fingerprint density at radius 3 is 2.59 bits per heavy atom. The van der Waals surface area contributed by atoms with Crippen LogP contribution in [0.15, 0.2) is 24.3 Å². The number of amides is 1. The highest BCUT2D eigenvalue weighted by Crippen LogP contribution is 2.18. The summed E-state index contributed by atoms with van der Waals surface area (Å²) in [6.07, 6.45) is -4.55. The van der Waals surface area contributed by atoms with Gasteiger partial charge in [-0.2, -0.15) is 13.2 Å². The second-order valence-electron chi connectivity index (χ2n) is 3.32. The second-order valence-corrected chi connectivity index (χ2v) is 3.32. The molecule has 1 N–H and O–H groups in total. The number of halogens is 3. The molecule has 94 valence electrons. The van der Waals surface area contributed by atoms with Gasteiger partial charge in [0.2, 0.25) is 0 Å². The molecule has 0 aliphatic heterocycles. The molecule has 1 rings (SSSR count). The maximum absolute atomic E-state index is 11.9. The Morgan fingerprint density at radius 2 is 2.00 bits per heavy atom. The van der Waals surface area contributed by atoms with E-state index in [0.29, 0.717) is 5.75 Å². The van der Waals surface area contributed by atoms with Gasteiger partial charge in [0.15, 0.2) is 0 Å². The zero-order chi connectivity index (χ0) is 12.9. The molecule has 0 fully saturated rings. The van der Waals surface area contributed by atoms with E-state index in [1.165, 1.54) is 7.11 Å². The third-order valence-corrected chi connectivity index (χ3v) is 2.13. The number of benzene rings is 1. The Morgan fingerprint density at radius 1 is 1.35 bits per heavy atom. The Labute approximate surface area is 96.6 Å². The van der Waals surface area contributed by atoms with Crippen LogP contribution in [0.25, 0.3) is 0 Å². The maximum Gasteiger partial charge on any atom is 0.471 e. The monoisotopic (exact) mass is 247 g/mol. The van der Waals surface area contributed by atoms with Crippen molar-refractivity contribution in [2.75, 3.05) is 13.7 Å². The van der Waals surface area contributed by atoms with Crippen LogP contribution in [0.1, 0.15) is 5.56 Å². The normalized spacial score (nSPS) is 11.1. The van der Waals surface area contributed by atoms with Gasteiger partial charge < -0.3 is 10.1 Å². The molecule has 1 aromatic rings. The number of para-hydroxylation sites is 1. The van der Waals surface area contributed by atoms with Crippen molar-refractivity contribution in [3.63, 3.8) is 0 Å². The highest BCUT2D eigenvalue weighted by atomic mass is 19.4. The Kier molecular flexibility index (Phi) is 4.37. The number of hydrogen-bond donors (Lipinski definition) is 1. The van der Waals surface area contributed by atoms with Crippen LogP contribution in [0.2, 0.25) is 0 Å². The highest BCUT2D eigenvalue weighted by molar-refractivity contribution is 5.81. The predicted octanol–water partition coefficient (Wildman–Crippen LogP) is 1.92. The van der Waals surface area contributed by atoms with E-state index in [4.69, 9.17) is 4.74 Å². The molecule has 1 aromatic carbocycles. The summed E-state index contributed by atoms with van der Waals surface area (Å²) < 4.78 is 40.7. The molecular formula is C11H12F3NO2. The van der Waals surface area contributed by atoms with Crippen molar-refractivity contribution in [2.45, 2.75) is 12.6 Å². The molecule has 0 heterocycles. The average molecular weight is 247 g/mol. The van der Waals surface area contributed by atoms with Crippen LogP contribution >= 0.6 is 0 Å². The number of methoxy groups -OCH3 is 1. The molecule has 1 amide bonds. The highest BCUT2D eigenvalue weighted by Gasteiger charge is 2.38. The van der Waals surface area contributed by atoms with E-state index < -0.39 is 12.1 Å². The van der Waals surface area contributed by atoms with E-state index in [1.54, 1.807) is 29.6 Å². The fraction of sp³-hybridized carbons (Fsp3) is 0.364. The quantitative estimate of drug-likeness (QED) is 0.882. The van der Waals surface area contributed by atoms with Gasteiger partial charge in [0.25, 0.3) is 0 Å². The maximum atomic E-state index is 11.9. The summed E-state index contributed by atoms with van der Waals surface area (Å²) in [5.74, 6) is -1.33. The van der Waals surface area contributed by atoms with E-state index in [9.17, 15) is 18.0 Å². The summed E-state index contributed by atoms with van der Waals surface area (Å²) in [6.45, 7) is -0.0846. The predicted molar refractivity (Wildman–Crippen MR) is 55.8 cm³/mol. The smallest absolute Gasteiger partial charge is 0.471 e. The van der Waals surface area contributed by atoms with Crippen molar-refractivity contribution in [3.05, 3.63) is 29.8 Å². The van der Waals surface area contributed by atoms with E-state index in [-0.39, 0.29) is 13.0 Å². The first kappa shape index (κ1) is 13.3. The van der Waals surface area contributed by atoms with Gasteiger partial charge in [-0.3, -0.25) is 4.79 Å². The lowest BCUT2D eigenvalue weighted by molar-refractivity contribution is -0.173. The van der Waals surface area contributed by atoms with E-state index in [1.807, 2.05) is 0 Å². The Hall–Kier alpha value is -1.72. The number of carbonyl (C=O) groups excluding carboxylic acids is 1. The van der Waals surface area contributed by atoms with Gasteiger partial charge in [-0.25, -0.2) is 0 Å². The molecule has 0 saturated heterocycles. The molecule has 17 heavy (non-hydrogen) atoms. The standard InChI is InChI=1S/C11H12F3NO2/c1-17-9-5-3-2-4-8(9)6-7-15-10(16)11(12,13)14/h2-5H,6-7H2,1H3,(H,15,16). The number of ether oxygens (including phenoxy) is 1. The molecule has 0 radical (unpaired) electrons. The zero-order valence-electron chi connectivity index (χ0n) is 9.17. The summed E-state index contributed by atoms with van der Waals surface area (Å²) in [6, 6.07) is 6.96. The third kappa shape index (κ3) is 3.97. The first-order valence-electron chi connectivity index (χ1n) is 4.92. The van der Waals surface area contributed by atoms with Gasteiger partial charge >= 0.3 is 12.1 Å². The Bertz CT molecular complexity index is 391. The van der Waals surface area contributed by atoms with Gasteiger partial charge in [-0.05, 0) is 18.1 Å². The average Bonchev–Trinajstić information content (AvgIpc) is 2.28. The van der Waals surface area contributed by atoms with Crippen LogP contribution in [-0.4, -0.2) is 25.7 Å². The van der Waals surface area contributed by atoms with Gasteiger partial charge in [0, 0.05) is 6.54 Å². The summed E-state index contributed by atoms with van der Waals surface area (Å²) in [7, 11) is 1.48. The molecular weight excluding hydrogens is 235 g/mol. The SMILES string of the molecule is COc1ccccc1CCNC(=O)C(F)(F)F. The lowest BCUT2D eigenvalue weighted by atomic mass is 10.1. The Balaban J connectivity index is 2.49. The molecule has 6 heteroatoms. The third-order valence-electron chi connectivity index (χ3n) is 2.13. The molecule has 0 aliphatic rings. The van der Waals surface area contributed by atoms with Crippen molar-refractivity contribution in [2.24, 2.45) is 0 Å². The van der Waals surface area contributed by atoms with Crippen LogP contribution < -0.4 is 10.1 Å². The largest absolute Gasteiger partial charge is 0.496 e. The minimum absolute atomic E-state index is 0.0846. The van der Waals surface area contributed by atoms with Gasteiger partial charge in [0.05, 0.1) is 7.11 Å². The lowest BCUT2D eigenvalue weighted by Crippen LogP contribution is -2.37. The van der Waals surface area contributed by atoms with E-state index in [0.717, 1.165) is 5.56 Å². The second kappa shape index (κ2) is 5.56. The molecule has 0 bridgehead atoms. The van der Waals surface area contributed by atoms with Crippen molar-refractivity contribution >= 4 is 5.91 Å². The van der Waals surface area contributed by atoms with Crippen LogP contribution in [0.4, 0.5) is 13.2 Å². The number of rotatable bonds is 4. The molecule has 0 spiro atoms. The minimum Gasteiger partial charge on any atom is -0.496 e. The van der Waals surface area contributed by atoms with Crippen molar-refractivity contribution < 1.29 is 22.7 Å². The first-order chi connectivity index (χ1) is 7.95. The van der Waals surface area contributed by atoms with Crippen LogP contribution in [0, 0.1) is 0 Å². The topological polar surface area (TPSA) is 38.3 Å². The van der Waals surface area contributed by atoms with Crippen LogP contribution in [0.5, 0.6) is 5.75 Å². The minimum atomic E-state index is -4.83. The number of carbonyl (C=O) groups is 1. The lowest BCUT2D eigenvalue weighted by Gasteiger charge is -2.10. The fourth-order valence-corrected chi connectivity index (χ4v) is 1.32. The van der Waals surface area contributed by atoms with Crippen molar-refractivity contribution in [1.82, 2.24) is 5.32 Å². The summed E-state index contributed by atoms with van der Waals surface area (Å²) in [4.78, 5) is 10.5. The molecule has 3 nitrogen and oxygen atoms in total. The van der Waals surface area contributed by atoms with Crippen molar-refractivity contribution in [1.29, 1.82) is 0 Å². The molecule has 0 unspecified atom stereocenters. The van der Waals surface area contributed by atoms with Gasteiger partial charge in [0.1, 0.15) is 5.75 Å². The van der Waals surface area contributed by atoms with Gasteiger partial charge in [-0.1, -0.05) is 18.2 Å². The number of alkyl halides is 3. The summed E-state index contributed by atoms with van der Waals surface area (Å²) in [5.41, 5.74) is 0.748. The van der Waals surface area contributed by atoms with Gasteiger partial charge in [-0.15, -0.1) is 0 Å². The number of hydrogen-bond acceptors (Lipinski definition) is 2. The first-order valence-corrected chi connectivity index (χ1v) is 4.92. The fourth-order valence-electron chi connectivity index (χ4n) is 1.32. The molecule has 0 aliphatic carbocycles. The molecule has 0 saturated carbocycles. The molecule has 0 atom stereocenters. The van der Waals surface area contributed by atoms with E-state index >= 15 is 0 Å². The van der Waals surface area contributed by atoms with Crippen LogP contribution in [-0.2, 0) is 11.2 Å². The number of nitrogens with one attached hydrogen (secondary N) is 1. The van der Waals surface area contributed by atoms with Crippen LogP contribution in [0.3, 0.4) is 0 Å². The van der Waals surface area contributed by atoms with E-state index in [2.05, 4.69) is 0 Å². The summed E-state index contributed by atoms with van der Waals surface area (Å²) >= 11 is 0. The summed E-state index contributed by atoms with van der Waals surface area (Å²) in [5, 5.41) is 1.80. The van der Waals surface area contributed by atoms with Crippen molar-refractivity contribution in [3.8, 4) is 5.75 Å². The molecule has 0 aromatic heterocycles. The zero-order valence-corrected chi connectivity index (χ0v) is 9.17.